The van der Waals surface area contributed by atoms with E-state index in [2.05, 4.69) is 59.4 Å². The van der Waals surface area contributed by atoms with Gasteiger partial charge in [-0.05, 0) is 109 Å². The molecule has 6 rings (SSSR count). The number of carbonyl (C=O) groups is 1. The first kappa shape index (κ1) is 27.3. The molecule has 1 heterocycles. The van der Waals surface area contributed by atoms with Gasteiger partial charge in [0.25, 0.3) is 0 Å². The summed E-state index contributed by atoms with van der Waals surface area (Å²) in [6.07, 6.45) is 13.5. The number of aliphatic hydroxyl groups excluding tert-OH is 1. The molecule has 1 unspecified atom stereocenters. The normalized spacial score (nSPS) is 46.3. The summed E-state index contributed by atoms with van der Waals surface area (Å²) >= 11 is 0. The Bertz CT molecular complexity index is 1230. The van der Waals surface area contributed by atoms with Crippen LogP contribution in [0.2, 0.25) is 0 Å². The van der Waals surface area contributed by atoms with Gasteiger partial charge in [-0.15, -0.1) is 0 Å². The van der Waals surface area contributed by atoms with Gasteiger partial charge in [0.2, 0.25) is 0 Å². The highest BCUT2D eigenvalue weighted by Gasteiger charge is 2.70. The predicted octanol–water partition coefficient (Wildman–Crippen LogP) is 8.02. The van der Waals surface area contributed by atoms with Crippen molar-refractivity contribution in [1.82, 2.24) is 5.16 Å². The molecule has 0 amide bonds. The van der Waals surface area contributed by atoms with Gasteiger partial charge in [0.15, 0.2) is 11.5 Å². The highest BCUT2D eigenvalue weighted by molar-refractivity contribution is 5.86. The molecule has 2 N–H and O–H groups in total. The number of aliphatic hydroxyl groups is 1. The molecule has 5 aliphatic rings. The van der Waals surface area contributed by atoms with E-state index in [0.717, 1.165) is 12.0 Å². The van der Waals surface area contributed by atoms with Gasteiger partial charge in [-0.25, -0.2) is 4.79 Å². The molecule has 0 saturated heterocycles. The van der Waals surface area contributed by atoms with Crippen molar-refractivity contribution in [2.24, 2.45) is 56.7 Å². The van der Waals surface area contributed by atoms with Crippen molar-refractivity contribution in [2.45, 2.75) is 99.3 Å². The Hall–Kier alpha value is -1.88. The Kier molecular flexibility index (Phi) is 6.00. The zero-order valence-corrected chi connectivity index (χ0v) is 25.0. The minimum absolute atomic E-state index is 0.0347. The molecule has 1 aromatic heterocycles. The second-order valence-corrected chi connectivity index (χ2v) is 15.6. The maximum absolute atomic E-state index is 11.6. The van der Waals surface area contributed by atoms with Crippen LogP contribution in [0.5, 0.6) is 0 Å². The van der Waals surface area contributed by atoms with Gasteiger partial charge in [-0.3, -0.25) is 0 Å². The molecule has 9 atom stereocenters. The number of fused-ring (bicyclic) bond motifs is 7. The monoisotopic (exact) mass is 535 g/mol. The Morgan fingerprint density at radius 2 is 1.74 bits per heavy atom. The van der Waals surface area contributed by atoms with Gasteiger partial charge in [0, 0.05) is 24.2 Å². The average Bonchev–Trinajstić information content (AvgIpc) is 3.52. The zero-order valence-electron chi connectivity index (χ0n) is 25.0. The van der Waals surface area contributed by atoms with Crippen molar-refractivity contribution in [3.8, 4) is 0 Å². The Labute approximate surface area is 234 Å². The van der Waals surface area contributed by atoms with E-state index in [9.17, 15) is 15.0 Å². The third-order valence-electron chi connectivity index (χ3n) is 14.1. The second kappa shape index (κ2) is 8.57. The van der Waals surface area contributed by atoms with E-state index in [1.807, 2.05) is 0 Å². The van der Waals surface area contributed by atoms with Crippen molar-refractivity contribution < 1.29 is 19.5 Å². The number of aromatic carboxylic acids is 1. The summed E-state index contributed by atoms with van der Waals surface area (Å²) in [5, 5.41) is 23.9. The van der Waals surface area contributed by atoms with Gasteiger partial charge >= 0.3 is 5.97 Å². The Morgan fingerprint density at radius 1 is 1.00 bits per heavy atom. The van der Waals surface area contributed by atoms with E-state index in [1.54, 1.807) is 6.07 Å². The van der Waals surface area contributed by atoms with E-state index in [-0.39, 0.29) is 38.7 Å². The molecule has 0 aliphatic heterocycles. The van der Waals surface area contributed by atoms with Crippen LogP contribution in [0.1, 0.15) is 116 Å². The van der Waals surface area contributed by atoms with Crippen LogP contribution in [0, 0.1) is 56.7 Å². The van der Waals surface area contributed by atoms with Crippen LogP contribution < -0.4 is 0 Å². The number of hydrogen-bond acceptors (Lipinski definition) is 4. The summed E-state index contributed by atoms with van der Waals surface area (Å²) in [6, 6.07) is 1.60. The lowest BCUT2D eigenvalue weighted by Crippen LogP contribution is -2.66. The highest BCUT2D eigenvalue weighted by Crippen LogP contribution is 2.78. The van der Waals surface area contributed by atoms with Gasteiger partial charge in [0.1, 0.15) is 0 Å². The number of hydrogen-bond donors (Lipinski definition) is 2. The molecular formula is C34H49NO4. The van der Waals surface area contributed by atoms with Crippen molar-refractivity contribution in [2.75, 3.05) is 6.61 Å². The third-order valence-corrected chi connectivity index (χ3v) is 14.1. The van der Waals surface area contributed by atoms with Crippen LogP contribution in [0.3, 0.4) is 0 Å². The summed E-state index contributed by atoms with van der Waals surface area (Å²) in [4.78, 5) is 11.6. The number of allylic oxidation sites excluding steroid dienone is 3. The standard InChI is InChI=1S/C34H49NO4/c1-20(2)23-17-24(26-18-25(29(37)38)35-39-26)30(3,4)27-12-14-32(6)28(33(23,27)7)11-10-21-22-9-8-13-34(22,19-36)16-15-31(21,32)5/h17-18,21-23,27-28,36H,1,8-16,19H2,2-7H3,(H,37,38)/t21-,22-,23?,27+,28+,31-,32-,33+,34-/m1/s1. The van der Waals surface area contributed by atoms with Gasteiger partial charge in [-0.2, -0.15) is 0 Å². The zero-order chi connectivity index (χ0) is 28.2. The van der Waals surface area contributed by atoms with Crippen molar-refractivity contribution in [3.63, 3.8) is 0 Å². The molecule has 4 saturated carbocycles. The van der Waals surface area contributed by atoms with Crippen LogP contribution in [-0.4, -0.2) is 27.9 Å². The summed E-state index contributed by atoms with van der Waals surface area (Å²) in [5.74, 6) is 2.11. The average molecular weight is 536 g/mol. The first-order valence-corrected chi connectivity index (χ1v) is 15.5. The fourth-order valence-electron chi connectivity index (χ4n) is 12.2. The molecule has 4 fully saturated rings. The van der Waals surface area contributed by atoms with Crippen LogP contribution in [-0.2, 0) is 0 Å². The minimum atomic E-state index is -1.06. The van der Waals surface area contributed by atoms with Crippen LogP contribution >= 0.6 is 0 Å². The molecule has 5 aliphatic carbocycles. The van der Waals surface area contributed by atoms with Crippen molar-refractivity contribution in [3.05, 3.63) is 35.7 Å². The number of carboxylic acids is 1. The van der Waals surface area contributed by atoms with Crippen LogP contribution in [0.25, 0.3) is 5.57 Å². The lowest BCUT2D eigenvalue weighted by Gasteiger charge is -2.73. The van der Waals surface area contributed by atoms with Crippen molar-refractivity contribution in [1.29, 1.82) is 0 Å². The second-order valence-electron chi connectivity index (χ2n) is 15.6. The maximum atomic E-state index is 11.6. The smallest absolute Gasteiger partial charge is 0.358 e. The number of rotatable bonds is 4. The number of aromatic nitrogens is 1. The quantitative estimate of drug-likeness (QED) is 0.381. The lowest BCUT2D eigenvalue weighted by atomic mass is 9.31. The van der Waals surface area contributed by atoms with E-state index in [1.165, 1.54) is 56.9 Å². The minimum Gasteiger partial charge on any atom is -0.476 e. The van der Waals surface area contributed by atoms with E-state index >= 15 is 0 Å². The summed E-state index contributed by atoms with van der Waals surface area (Å²) in [7, 11) is 0. The molecule has 39 heavy (non-hydrogen) atoms. The fraction of sp³-hybridized carbons (Fsp3) is 0.765. The van der Waals surface area contributed by atoms with Gasteiger partial charge in [-0.1, -0.05) is 64.4 Å². The maximum Gasteiger partial charge on any atom is 0.358 e. The molecule has 214 valence electrons. The van der Waals surface area contributed by atoms with Crippen molar-refractivity contribution >= 4 is 11.5 Å². The number of carboxylic acid groups (broad SMARTS) is 1. The first-order valence-electron chi connectivity index (χ1n) is 15.5. The van der Waals surface area contributed by atoms with E-state index < -0.39 is 5.97 Å². The molecule has 5 nitrogen and oxygen atoms in total. The predicted molar refractivity (Wildman–Crippen MR) is 153 cm³/mol. The Morgan fingerprint density at radius 3 is 2.38 bits per heavy atom. The lowest BCUT2D eigenvalue weighted by molar-refractivity contribution is -0.232. The number of nitrogens with zero attached hydrogens (tertiary/aromatic N) is 1. The summed E-state index contributed by atoms with van der Waals surface area (Å²) in [5.41, 5.74) is 2.80. The molecular weight excluding hydrogens is 486 g/mol. The SMILES string of the molecule is C=C(C)C1C=C(c2cc(C(=O)O)no2)C(C)(C)[C@@H]2CC[C@]3(C)[C@H](CC[C@@H]4[C@H]5CCC[C@]5(CO)CC[C@]43C)[C@@]12C. The van der Waals surface area contributed by atoms with E-state index in [0.29, 0.717) is 36.0 Å². The molecule has 0 radical (unpaired) electrons. The summed E-state index contributed by atoms with van der Waals surface area (Å²) in [6.45, 7) is 19.6. The largest absolute Gasteiger partial charge is 0.476 e. The fourth-order valence-corrected chi connectivity index (χ4v) is 12.2. The molecule has 0 bridgehead atoms. The third kappa shape index (κ3) is 3.35. The highest BCUT2D eigenvalue weighted by atomic mass is 16.5. The van der Waals surface area contributed by atoms with Gasteiger partial charge in [0.05, 0.1) is 0 Å². The van der Waals surface area contributed by atoms with E-state index in [4.69, 9.17) is 4.52 Å². The molecule has 0 aromatic carbocycles. The van der Waals surface area contributed by atoms with Crippen LogP contribution in [0.15, 0.2) is 28.8 Å². The van der Waals surface area contributed by atoms with Crippen LogP contribution in [0.4, 0.5) is 0 Å². The molecule has 1 aromatic rings. The topological polar surface area (TPSA) is 83.6 Å². The molecule has 5 heteroatoms. The summed E-state index contributed by atoms with van der Waals surface area (Å²) < 4.78 is 5.67. The van der Waals surface area contributed by atoms with Gasteiger partial charge < -0.3 is 14.7 Å². The Balaban J connectivity index is 1.44. The molecule has 0 spiro atoms. The first-order chi connectivity index (χ1) is 18.3.